The average molecular weight is 271 g/mol. The smallest absolute Gasteiger partial charge is 0.0981 e. The Labute approximate surface area is 125 Å². The van der Waals surface area contributed by atoms with E-state index in [0.29, 0.717) is 0 Å². The summed E-state index contributed by atoms with van der Waals surface area (Å²) in [4.78, 5) is 2.33. The minimum absolute atomic E-state index is 0.0644. The fourth-order valence-corrected chi connectivity index (χ4v) is 2.29. The van der Waals surface area contributed by atoms with Crippen molar-refractivity contribution in [1.82, 2.24) is 0 Å². The first-order chi connectivity index (χ1) is 9.64. The minimum Gasteiger partial charge on any atom is -0.358 e. The van der Waals surface area contributed by atoms with Gasteiger partial charge in [0.15, 0.2) is 0 Å². The van der Waals surface area contributed by atoms with Crippen molar-refractivity contribution >= 4 is 5.69 Å². The lowest BCUT2D eigenvalue weighted by Crippen LogP contribution is -2.43. The number of hydrogen-bond donors (Lipinski definition) is 0. The van der Waals surface area contributed by atoms with Crippen molar-refractivity contribution in [2.24, 2.45) is 0 Å². The molecule has 0 amide bonds. The number of nitrogens with zero attached hydrogens (tertiary/aromatic N) is 1. The van der Waals surface area contributed by atoms with Crippen LogP contribution in [-0.2, 0) is 0 Å². The molecule has 0 aliphatic rings. The largest absolute Gasteiger partial charge is 0.358 e. The maximum Gasteiger partial charge on any atom is 0.0981 e. The van der Waals surface area contributed by atoms with Crippen molar-refractivity contribution in [1.29, 1.82) is 0 Å². The lowest BCUT2D eigenvalue weighted by Gasteiger charge is -2.36. The predicted molar refractivity (Wildman–Crippen MR) is 90.1 cm³/mol. The third kappa shape index (κ3) is 4.93. The summed E-state index contributed by atoms with van der Waals surface area (Å²) in [6.07, 6.45) is 6.99. The molecule has 0 aromatic heterocycles. The highest BCUT2D eigenvalue weighted by Gasteiger charge is 2.26. The first kappa shape index (κ1) is 16.6. The summed E-state index contributed by atoms with van der Waals surface area (Å²) < 4.78 is 0. The van der Waals surface area contributed by atoms with Crippen molar-refractivity contribution in [2.45, 2.75) is 64.8 Å². The Kier molecular flexibility index (Phi) is 7.23. The molecule has 1 aromatic carbocycles. The highest BCUT2D eigenvalue weighted by atomic mass is 15.2. The van der Waals surface area contributed by atoms with Gasteiger partial charge in [-0.2, -0.15) is 0 Å². The Morgan fingerprint density at radius 1 is 1.05 bits per heavy atom. The number of benzene rings is 1. The van der Waals surface area contributed by atoms with Crippen LogP contribution in [0.5, 0.6) is 0 Å². The van der Waals surface area contributed by atoms with Crippen LogP contribution in [-0.4, -0.2) is 12.6 Å². The van der Waals surface area contributed by atoms with Crippen LogP contribution in [0.1, 0.15) is 59.3 Å². The van der Waals surface area contributed by atoms with E-state index >= 15 is 0 Å². The van der Waals surface area contributed by atoms with Crippen LogP contribution in [0.25, 0.3) is 0 Å². The Balaban J connectivity index is 2.88. The topological polar surface area (TPSA) is 3.24 Å². The van der Waals surface area contributed by atoms with Gasteiger partial charge in [0.05, 0.1) is 5.54 Å². The third-order valence-corrected chi connectivity index (χ3v) is 3.91. The Morgan fingerprint density at radius 3 is 2.30 bits per heavy atom. The SMILES string of the molecule is CCCCC#CC(C)(CCCC)N(C)c1ccccc1. The molecule has 20 heavy (non-hydrogen) atoms. The standard InChI is InChI=1S/C19H29N/c1-5-7-9-13-17-19(3,16-8-6-2)20(4)18-14-11-10-12-15-18/h10-12,14-15H,5-9,16H2,1-4H3. The molecule has 0 fully saturated rings. The quantitative estimate of drug-likeness (QED) is 0.482. The lowest BCUT2D eigenvalue weighted by atomic mass is 9.92. The second kappa shape index (κ2) is 8.69. The van der Waals surface area contributed by atoms with Gasteiger partial charge < -0.3 is 4.90 Å². The van der Waals surface area contributed by atoms with Gasteiger partial charge >= 0.3 is 0 Å². The summed E-state index contributed by atoms with van der Waals surface area (Å²) >= 11 is 0. The number of para-hydroxylation sites is 1. The zero-order valence-electron chi connectivity index (χ0n) is 13.6. The van der Waals surface area contributed by atoms with Gasteiger partial charge in [0.25, 0.3) is 0 Å². The van der Waals surface area contributed by atoms with Crippen molar-refractivity contribution in [2.75, 3.05) is 11.9 Å². The van der Waals surface area contributed by atoms with Crippen LogP contribution in [0.3, 0.4) is 0 Å². The zero-order chi connectivity index (χ0) is 14.8. The number of unbranched alkanes of at least 4 members (excludes halogenated alkanes) is 3. The number of rotatable bonds is 7. The predicted octanol–water partition coefficient (Wildman–Crippen LogP) is 5.27. The monoisotopic (exact) mass is 271 g/mol. The van der Waals surface area contributed by atoms with Gasteiger partial charge in [0.1, 0.15) is 0 Å². The Morgan fingerprint density at radius 2 is 1.70 bits per heavy atom. The van der Waals surface area contributed by atoms with E-state index in [9.17, 15) is 0 Å². The molecule has 0 N–H and O–H groups in total. The average Bonchev–Trinajstić information content (AvgIpc) is 2.50. The summed E-state index contributed by atoms with van der Waals surface area (Å²) in [5, 5.41) is 0. The molecule has 0 aliphatic carbocycles. The first-order valence-electron chi connectivity index (χ1n) is 7.93. The molecule has 0 saturated heterocycles. The normalized spacial score (nSPS) is 13.2. The summed E-state index contributed by atoms with van der Waals surface area (Å²) in [6.45, 7) is 6.73. The molecule has 1 unspecified atom stereocenters. The minimum atomic E-state index is -0.0644. The van der Waals surface area contributed by atoms with Crippen LogP contribution >= 0.6 is 0 Å². The van der Waals surface area contributed by atoms with Gasteiger partial charge in [-0.15, -0.1) is 5.92 Å². The van der Waals surface area contributed by atoms with E-state index in [-0.39, 0.29) is 5.54 Å². The number of anilines is 1. The van der Waals surface area contributed by atoms with E-state index in [2.05, 4.69) is 74.9 Å². The highest BCUT2D eigenvalue weighted by Crippen LogP contribution is 2.26. The molecular weight excluding hydrogens is 242 g/mol. The molecule has 0 spiro atoms. The van der Waals surface area contributed by atoms with Gasteiger partial charge in [-0.1, -0.05) is 57.2 Å². The molecule has 110 valence electrons. The molecule has 1 atom stereocenters. The van der Waals surface area contributed by atoms with Gasteiger partial charge in [-0.25, -0.2) is 0 Å². The lowest BCUT2D eigenvalue weighted by molar-refractivity contribution is 0.495. The van der Waals surface area contributed by atoms with E-state index in [1.165, 1.54) is 31.4 Å². The fraction of sp³-hybridized carbons (Fsp3) is 0.579. The molecule has 0 aliphatic heterocycles. The van der Waals surface area contributed by atoms with Crippen molar-refractivity contribution in [3.63, 3.8) is 0 Å². The fourth-order valence-electron chi connectivity index (χ4n) is 2.29. The summed E-state index contributed by atoms with van der Waals surface area (Å²) in [7, 11) is 2.17. The summed E-state index contributed by atoms with van der Waals surface area (Å²) in [5.74, 6) is 6.93. The summed E-state index contributed by atoms with van der Waals surface area (Å²) in [6, 6.07) is 10.6. The molecule has 1 heteroatoms. The van der Waals surface area contributed by atoms with E-state index in [1.54, 1.807) is 0 Å². The zero-order valence-corrected chi connectivity index (χ0v) is 13.6. The molecular formula is C19H29N. The molecule has 0 radical (unpaired) electrons. The molecule has 0 heterocycles. The van der Waals surface area contributed by atoms with E-state index < -0.39 is 0 Å². The van der Waals surface area contributed by atoms with Gasteiger partial charge in [0, 0.05) is 19.2 Å². The van der Waals surface area contributed by atoms with Gasteiger partial charge in [-0.3, -0.25) is 0 Å². The molecule has 1 rings (SSSR count). The number of hydrogen-bond acceptors (Lipinski definition) is 1. The van der Waals surface area contributed by atoms with E-state index in [4.69, 9.17) is 0 Å². The molecule has 1 nitrogen and oxygen atoms in total. The third-order valence-electron chi connectivity index (χ3n) is 3.91. The van der Waals surface area contributed by atoms with Crippen LogP contribution < -0.4 is 4.90 Å². The van der Waals surface area contributed by atoms with Gasteiger partial charge in [-0.05, 0) is 31.9 Å². The van der Waals surface area contributed by atoms with Crippen LogP contribution in [0.2, 0.25) is 0 Å². The Hall–Kier alpha value is -1.42. The van der Waals surface area contributed by atoms with Crippen LogP contribution in [0, 0.1) is 11.8 Å². The van der Waals surface area contributed by atoms with Crippen molar-refractivity contribution < 1.29 is 0 Å². The summed E-state index contributed by atoms with van der Waals surface area (Å²) in [5.41, 5.74) is 1.18. The second-order valence-corrected chi connectivity index (χ2v) is 5.68. The maximum absolute atomic E-state index is 3.54. The maximum atomic E-state index is 3.54. The van der Waals surface area contributed by atoms with Crippen molar-refractivity contribution in [3.8, 4) is 11.8 Å². The molecule has 0 bridgehead atoms. The van der Waals surface area contributed by atoms with Crippen LogP contribution in [0.4, 0.5) is 5.69 Å². The molecule has 0 saturated carbocycles. The first-order valence-corrected chi connectivity index (χ1v) is 7.93. The van der Waals surface area contributed by atoms with Gasteiger partial charge in [0.2, 0.25) is 0 Å². The second-order valence-electron chi connectivity index (χ2n) is 5.68. The highest BCUT2D eigenvalue weighted by molar-refractivity contribution is 5.50. The van der Waals surface area contributed by atoms with E-state index in [0.717, 1.165) is 12.8 Å². The van der Waals surface area contributed by atoms with Crippen LogP contribution in [0.15, 0.2) is 30.3 Å². The Bertz CT molecular complexity index is 426. The molecule has 1 aromatic rings. The van der Waals surface area contributed by atoms with Crippen molar-refractivity contribution in [3.05, 3.63) is 30.3 Å². The van der Waals surface area contributed by atoms with E-state index in [1.807, 2.05) is 0 Å².